The van der Waals surface area contributed by atoms with Crippen LogP contribution in [-0.4, -0.2) is 29.3 Å². The molecule has 0 fully saturated rings. The highest BCUT2D eigenvalue weighted by atomic mass is 16.6. The number of carbonyl (C=O) groups excluding carboxylic acids is 3. The number of esters is 1. The molecule has 0 radical (unpaired) electrons. The Bertz CT molecular complexity index is 1160. The van der Waals surface area contributed by atoms with E-state index < -0.39 is 23.4 Å². The fourth-order valence-corrected chi connectivity index (χ4v) is 3.01. The third-order valence-electron chi connectivity index (χ3n) is 4.74. The van der Waals surface area contributed by atoms with Crippen molar-refractivity contribution in [3.63, 3.8) is 0 Å². The Morgan fingerprint density at radius 2 is 1.58 bits per heavy atom. The van der Waals surface area contributed by atoms with E-state index in [0.717, 1.165) is 5.56 Å². The molecule has 9 nitrogen and oxygen atoms in total. The molecule has 0 saturated carbocycles. The highest BCUT2D eigenvalue weighted by Crippen LogP contribution is 2.18. The molecule has 2 amide bonds. The van der Waals surface area contributed by atoms with Gasteiger partial charge in [0.2, 0.25) is 0 Å². The molecule has 0 aliphatic heterocycles. The zero-order valence-corrected chi connectivity index (χ0v) is 17.7. The van der Waals surface area contributed by atoms with Crippen LogP contribution in [0.25, 0.3) is 0 Å². The number of para-hydroxylation sites is 1. The molecule has 33 heavy (non-hydrogen) atoms. The Hall–Kier alpha value is -4.53. The van der Waals surface area contributed by atoms with E-state index in [2.05, 4.69) is 10.6 Å². The van der Waals surface area contributed by atoms with Gasteiger partial charge < -0.3 is 15.4 Å². The van der Waals surface area contributed by atoms with Crippen LogP contribution in [-0.2, 0) is 9.53 Å². The molecule has 0 bridgehead atoms. The van der Waals surface area contributed by atoms with Crippen LogP contribution in [0.2, 0.25) is 0 Å². The minimum atomic E-state index is -0.803. The molecule has 1 atom stereocenters. The van der Waals surface area contributed by atoms with Gasteiger partial charge in [0.15, 0.2) is 6.61 Å². The number of benzene rings is 3. The zero-order valence-electron chi connectivity index (χ0n) is 17.7. The van der Waals surface area contributed by atoms with Gasteiger partial charge in [-0.15, -0.1) is 0 Å². The SMILES string of the molecule is CC(NC(=O)c1ccccc1NC(=O)COC(=O)c1ccc([N+](=O)[O-])cc1)c1ccccc1. The summed E-state index contributed by atoms with van der Waals surface area (Å²) in [5.74, 6) is -1.81. The Morgan fingerprint density at radius 1 is 0.939 bits per heavy atom. The predicted molar refractivity (Wildman–Crippen MR) is 121 cm³/mol. The van der Waals surface area contributed by atoms with Crippen molar-refractivity contribution in [2.24, 2.45) is 0 Å². The second-order valence-electron chi connectivity index (χ2n) is 7.08. The number of ether oxygens (including phenoxy) is 1. The standard InChI is InChI=1S/C24H21N3O6/c1-16(17-7-3-2-4-8-17)25-23(29)20-9-5-6-10-21(20)26-22(28)15-33-24(30)18-11-13-19(14-12-18)27(31)32/h2-14,16H,15H2,1H3,(H,25,29)(H,26,28). The van der Waals surface area contributed by atoms with Crippen molar-refractivity contribution in [2.75, 3.05) is 11.9 Å². The quantitative estimate of drug-likeness (QED) is 0.306. The lowest BCUT2D eigenvalue weighted by Crippen LogP contribution is -2.28. The first-order valence-corrected chi connectivity index (χ1v) is 10.0. The molecule has 3 rings (SSSR count). The number of anilines is 1. The number of nitrogens with one attached hydrogen (secondary N) is 2. The largest absolute Gasteiger partial charge is 0.452 e. The Morgan fingerprint density at radius 3 is 2.24 bits per heavy atom. The fraction of sp³-hybridized carbons (Fsp3) is 0.125. The van der Waals surface area contributed by atoms with E-state index in [4.69, 9.17) is 4.74 Å². The first-order chi connectivity index (χ1) is 15.8. The molecule has 1 unspecified atom stereocenters. The van der Waals surface area contributed by atoms with Gasteiger partial charge in [-0.1, -0.05) is 42.5 Å². The fourth-order valence-electron chi connectivity index (χ4n) is 3.01. The van der Waals surface area contributed by atoms with Crippen molar-refractivity contribution in [1.29, 1.82) is 0 Å². The van der Waals surface area contributed by atoms with Gasteiger partial charge >= 0.3 is 5.97 Å². The van der Waals surface area contributed by atoms with Gasteiger partial charge in [-0.3, -0.25) is 19.7 Å². The second kappa shape index (κ2) is 10.7. The summed E-state index contributed by atoms with van der Waals surface area (Å²) in [5, 5.41) is 16.1. The Kier molecular flexibility index (Phi) is 7.48. The zero-order chi connectivity index (χ0) is 23.8. The van der Waals surface area contributed by atoms with Gasteiger partial charge in [-0.05, 0) is 36.8 Å². The van der Waals surface area contributed by atoms with Crippen molar-refractivity contribution >= 4 is 29.2 Å². The first kappa shape index (κ1) is 23.1. The number of amides is 2. The second-order valence-corrected chi connectivity index (χ2v) is 7.08. The summed E-state index contributed by atoms with van der Waals surface area (Å²) >= 11 is 0. The summed E-state index contributed by atoms with van der Waals surface area (Å²) in [5.41, 5.74) is 1.37. The monoisotopic (exact) mass is 447 g/mol. The molecular weight excluding hydrogens is 426 g/mol. The lowest BCUT2D eigenvalue weighted by atomic mass is 10.1. The topological polar surface area (TPSA) is 128 Å². The summed E-state index contributed by atoms with van der Waals surface area (Å²) in [6, 6.07) is 20.5. The van der Waals surface area contributed by atoms with E-state index in [1.165, 1.54) is 24.3 Å². The van der Waals surface area contributed by atoms with Crippen molar-refractivity contribution in [3.8, 4) is 0 Å². The first-order valence-electron chi connectivity index (χ1n) is 10.0. The summed E-state index contributed by atoms with van der Waals surface area (Å²) in [6.45, 7) is 1.26. The smallest absolute Gasteiger partial charge is 0.338 e. The highest BCUT2D eigenvalue weighted by molar-refractivity contribution is 6.04. The molecular formula is C24H21N3O6. The van der Waals surface area contributed by atoms with Gasteiger partial charge in [-0.2, -0.15) is 0 Å². The molecule has 0 heterocycles. The van der Waals surface area contributed by atoms with Crippen LogP contribution in [0, 0.1) is 10.1 Å². The summed E-state index contributed by atoms with van der Waals surface area (Å²) in [6.07, 6.45) is 0. The number of nitro groups is 1. The van der Waals surface area contributed by atoms with E-state index in [1.54, 1.807) is 24.3 Å². The van der Waals surface area contributed by atoms with Crippen LogP contribution in [0.5, 0.6) is 0 Å². The number of nitrogens with zero attached hydrogens (tertiary/aromatic N) is 1. The maximum Gasteiger partial charge on any atom is 0.338 e. The predicted octanol–water partition coefficient (Wildman–Crippen LogP) is 3.88. The van der Waals surface area contributed by atoms with Crippen molar-refractivity contribution in [2.45, 2.75) is 13.0 Å². The van der Waals surface area contributed by atoms with Gasteiger partial charge in [0, 0.05) is 12.1 Å². The number of carbonyl (C=O) groups is 3. The van der Waals surface area contributed by atoms with Crippen LogP contribution in [0.1, 0.15) is 39.2 Å². The van der Waals surface area contributed by atoms with Crippen LogP contribution in [0.4, 0.5) is 11.4 Å². The molecule has 9 heteroatoms. The third-order valence-corrected chi connectivity index (χ3v) is 4.74. The molecule has 168 valence electrons. The van der Waals surface area contributed by atoms with E-state index in [0.29, 0.717) is 0 Å². The average molecular weight is 447 g/mol. The maximum absolute atomic E-state index is 12.8. The van der Waals surface area contributed by atoms with Crippen LogP contribution < -0.4 is 10.6 Å². The Labute approximate surface area is 189 Å². The molecule has 0 spiro atoms. The third kappa shape index (κ3) is 6.23. The van der Waals surface area contributed by atoms with Crippen molar-refractivity contribution < 1.29 is 24.0 Å². The molecule has 0 aromatic heterocycles. The average Bonchev–Trinajstić information content (AvgIpc) is 2.83. The van der Waals surface area contributed by atoms with Crippen molar-refractivity contribution in [1.82, 2.24) is 5.32 Å². The van der Waals surface area contributed by atoms with E-state index in [-0.39, 0.29) is 34.5 Å². The van der Waals surface area contributed by atoms with Crippen LogP contribution >= 0.6 is 0 Å². The Balaban J connectivity index is 1.59. The number of hydrogen-bond acceptors (Lipinski definition) is 6. The molecule has 3 aromatic carbocycles. The van der Waals surface area contributed by atoms with Gasteiger partial charge in [0.05, 0.1) is 27.8 Å². The van der Waals surface area contributed by atoms with Gasteiger partial charge in [0.25, 0.3) is 17.5 Å². The van der Waals surface area contributed by atoms with Crippen LogP contribution in [0.15, 0.2) is 78.9 Å². The van der Waals surface area contributed by atoms with Gasteiger partial charge in [-0.25, -0.2) is 4.79 Å². The van der Waals surface area contributed by atoms with E-state index in [1.807, 2.05) is 37.3 Å². The molecule has 2 N–H and O–H groups in total. The van der Waals surface area contributed by atoms with E-state index >= 15 is 0 Å². The molecule has 0 aliphatic rings. The minimum absolute atomic E-state index is 0.0723. The number of rotatable bonds is 8. The molecule has 3 aromatic rings. The highest BCUT2D eigenvalue weighted by Gasteiger charge is 2.17. The number of non-ortho nitro benzene ring substituents is 1. The minimum Gasteiger partial charge on any atom is -0.452 e. The number of nitro benzene ring substituents is 1. The van der Waals surface area contributed by atoms with Crippen LogP contribution in [0.3, 0.4) is 0 Å². The lowest BCUT2D eigenvalue weighted by molar-refractivity contribution is -0.384. The van der Waals surface area contributed by atoms with Crippen molar-refractivity contribution in [3.05, 3.63) is 106 Å². The summed E-state index contributed by atoms with van der Waals surface area (Å²) in [4.78, 5) is 47.2. The molecule has 0 aliphatic carbocycles. The number of hydrogen-bond donors (Lipinski definition) is 2. The lowest BCUT2D eigenvalue weighted by Gasteiger charge is -2.16. The van der Waals surface area contributed by atoms with Gasteiger partial charge in [0.1, 0.15) is 0 Å². The normalized spacial score (nSPS) is 11.2. The molecule has 0 saturated heterocycles. The van der Waals surface area contributed by atoms with E-state index in [9.17, 15) is 24.5 Å². The maximum atomic E-state index is 12.8. The summed E-state index contributed by atoms with van der Waals surface area (Å²) in [7, 11) is 0. The summed E-state index contributed by atoms with van der Waals surface area (Å²) < 4.78 is 4.96.